The summed E-state index contributed by atoms with van der Waals surface area (Å²) in [6, 6.07) is 0. The van der Waals surface area contributed by atoms with Gasteiger partial charge in [0.2, 0.25) is 5.88 Å². The fourth-order valence-corrected chi connectivity index (χ4v) is 11.5. The van der Waals surface area contributed by atoms with Crippen LogP contribution < -0.4 is 4.74 Å². The zero-order valence-electron chi connectivity index (χ0n) is 28.3. The number of cyclic esters (lactones) is 1. The number of alkyl halides is 1. The number of carbonyl (C=O) groups excluding carboxylic acids is 2. The molecular formula is C37H48FN3O6. The first-order valence-corrected chi connectivity index (χ1v) is 17.7. The first-order chi connectivity index (χ1) is 22.5. The van der Waals surface area contributed by atoms with Crippen molar-refractivity contribution in [3.8, 4) is 5.88 Å². The van der Waals surface area contributed by atoms with Crippen molar-refractivity contribution in [3.63, 3.8) is 0 Å². The maximum Gasteiger partial charge on any atom is 0.335 e. The number of Topliss-reactive ketones (excluding diaryl/α,β-unsaturated/α-hetero) is 1. The largest absolute Gasteiger partial charge is 0.480 e. The van der Waals surface area contributed by atoms with Crippen molar-refractivity contribution in [1.82, 2.24) is 14.9 Å². The van der Waals surface area contributed by atoms with Gasteiger partial charge in [0, 0.05) is 31.6 Å². The molecule has 254 valence electrons. The van der Waals surface area contributed by atoms with Crippen LogP contribution in [0.15, 0.2) is 29.6 Å². The Morgan fingerprint density at radius 3 is 2.60 bits per heavy atom. The van der Waals surface area contributed by atoms with Gasteiger partial charge in [-0.3, -0.25) is 9.69 Å². The summed E-state index contributed by atoms with van der Waals surface area (Å²) in [6.07, 6.45) is 8.16. The van der Waals surface area contributed by atoms with Gasteiger partial charge in [0.25, 0.3) is 0 Å². The maximum atomic E-state index is 16.3. The molecule has 11 atom stereocenters. The summed E-state index contributed by atoms with van der Waals surface area (Å²) in [4.78, 5) is 38.9. The number of ether oxygens (including phenoxy) is 4. The number of morpholine rings is 1. The van der Waals surface area contributed by atoms with E-state index in [9.17, 15) is 9.59 Å². The lowest BCUT2D eigenvalue weighted by atomic mass is 9.44. The van der Waals surface area contributed by atoms with E-state index in [1.807, 2.05) is 6.92 Å². The van der Waals surface area contributed by atoms with Crippen molar-refractivity contribution >= 4 is 17.3 Å². The van der Waals surface area contributed by atoms with Gasteiger partial charge < -0.3 is 18.9 Å². The molecule has 10 heteroatoms. The van der Waals surface area contributed by atoms with E-state index in [0.29, 0.717) is 48.7 Å². The van der Waals surface area contributed by atoms with Gasteiger partial charge in [-0.25, -0.2) is 19.2 Å². The molecule has 2 saturated heterocycles. The SMILES string of the molecule is COc1cnc(C2=C[C@@H](F)[C@@]34O[C@@H]3C[C@H]3[C@@H]5CC[C@H]([C@H](C)[C@H]6CC(C)=C(CN7CCOCC7)C(=O)O6)[C@@]5(C)CC[C@@H]3[C@@]4(C)C2=O)cn1. The predicted molar refractivity (Wildman–Crippen MR) is 171 cm³/mol. The number of hydrogen-bond acceptors (Lipinski definition) is 9. The second-order valence-corrected chi connectivity index (χ2v) is 15.9. The summed E-state index contributed by atoms with van der Waals surface area (Å²) < 4.78 is 39.5. The van der Waals surface area contributed by atoms with Crippen LogP contribution in [-0.2, 0) is 23.8 Å². The first-order valence-electron chi connectivity index (χ1n) is 17.7. The lowest BCUT2D eigenvalue weighted by Gasteiger charge is -2.58. The van der Waals surface area contributed by atoms with Crippen molar-refractivity contribution in [2.45, 2.75) is 90.2 Å². The highest BCUT2D eigenvalue weighted by atomic mass is 19.1. The third-order valence-corrected chi connectivity index (χ3v) is 14.1. The summed E-state index contributed by atoms with van der Waals surface area (Å²) >= 11 is 0. The van der Waals surface area contributed by atoms with Gasteiger partial charge in [-0.05, 0) is 87.0 Å². The Kier molecular flexibility index (Phi) is 7.50. The van der Waals surface area contributed by atoms with Crippen LogP contribution in [0.25, 0.3) is 5.57 Å². The Hall–Kier alpha value is -2.69. The van der Waals surface area contributed by atoms with E-state index in [1.54, 1.807) is 0 Å². The normalized spacial score (nSPS) is 43.6. The lowest BCUT2D eigenvalue weighted by molar-refractivity contribution is -0.154. The van der Waals surface area contributed by atoms with E-state index in [1.165, 1.54) is 25.6 Å². The molecule has 9 nitrogen and oxygen atoms in total. The van der Waals surface area contributed by atoms with E-state index in [0.717, 1.165) is 62.8 Å². The molecule has 47 heavy (non-hydrogen) atoms. The monoisotopic (exact) mass is 649 g/mol. The van der Waals surface area contributed by atoms with Gasteiger partial charge in [-0.2, -0.15) is 0 Å². The summed E-state index contributed by atoms with van der Waals surface area (Å²) in [5.74, 6) is 1.43. The van der Waals surface area contributed by atoms with Crippen molar-refractivity contribution in [2.75, 3.05) is 40.0 Å². The molecule has 3 aliphatic heterocycles. The van der Waals surface area contributed by atoms with Crippen LogP contribution in [0.5, 0.6) is 5.88 Å². The number of methoxy groups -OCH3 is 1. The number of ketones is 1. The Labute approximate surface area is 276 Å². The van der Waals surface area contributed by atoms with Crippen molar-refractivity contribution < 1.29 is 32.9 Å². The lowest BCUT2D eigenvalue weighted by Crippen LogP contribution is -2.63. The second kappa shape index (κ2) is 11.2. The summed E-state index contributed by atoms with van der Waals surface area (Å²) in [5, 5.41) is 0. The van der Waals surface area contributed by atoms with Crippen LogP contribution in [0.3, 0.4) is 0 Å². The number of halogens is 1. The number of epoxide rings is 1. The highest BCUT2D eigenvalue weighted by molar-refractivity contribution is 6.24. The van der Waals surface area contributed by atoms with Gasteiger partial charge in [-0.1, -0.05) is 19.4 Å². The van der Waals surface area contributed by atoms with E-state index in [-0.39, 0.29) is 47.1 Å². The predicted octanol–water partition coefficient (Wildman–Crippen LogP) is 5.00. The molecule has 0 amide bonds. The standard InChI is InChI=1S/C37H48FN3O6/c1-20-14-29(46-34(43)24(20)19-41-10-12-45-13-11-41)21(2)25-6-7-26-22-16-31-37(47-31)30(38)15-23(28-17-40-32(44-5)18-39-28)33(42)36(37,4)27(22)8-9-35(25,26)3/h15,17-18,21-22,25-27,29-31H,6-14,16,19H2,1-5H3/t21-,22-,25+,26-,27-,29+,30+,31+,35+,36-,37+/m0/s1. The molecule has 7 aliphatic rings. The van der Waals surface area contributed by atoms with Crippen molar-refractivity contribution in [1.29, 1.82) is 0 Å². The highest BCUT2D eigenvalue weighted by Gasteiger charge is 2.81. The van der Waals surface area contributed by atoms with Crippen LogP contribution in [-0.4, -0.2) is 90.6 Å². The number of carbonyl (C=O) groups is 2. The van der Waals surface area contributed by atoms with E-state index in [2.05, 4.69) is 35.6 Å². The zero-order chi connectivity index (χ0) is 32.9. The molecule has 1 spiro atoms. The van der Waals surface area contributed by atoms with E-state index >= 15 is 4.39 Å². The minimum atomic E-state index is -1.38. The number of allylic oxidation sites excluding steroid dienone is 1. The van der Waals surface area contributed by atoms with Gasteiger partial charge >= 0.3 is 5.97 Å². The Balaban J connectivity index is 1.02. The number of esters is 1. The average Bonchev–Trinajstić information content (AvgIpc) is 3.71. The molecule has 0 bridgehead atoms. The third kappa shape index (κ3) is 4.49. The molecule has 1 aromatic heterocycles. The average molecular weight is 650 g/mol. The van der Waals surface area contributed by atoms with Gasteiger partial charge in [0.15, 0.2) is 12.0 Å². The van der Waals surface area contributed by atoms with Gasteiger partial charge in [-0.15, -0.1) is 0 Å². The van der Waals surface area contributed by atoms with Gasteiger partial charge in [0.1, 0.15) is 11.7 Å². The minimum absolute atomic E-state index is 0.0227. The number of fused-ring (bicyclic) bond motifs is 4. The molecule has 0 radical (unpaired) electrons. The second-order valence-electron chi connectivity index (χ2n) is 15.9. The molecule has 4 heterocycles. The third-order valence-electron chi connectivity index (χ3n) is 14.1. The molecule has 3 saturated carbocycles. The van der Waals surface area contributed by atoms with Crippen LogP contribution in [0, 0.1) is 40.4 Å². The molecule has 0 unspecified atom stereocenters. The molecule has 0 N–H and O–H groups in total. The number of nitrogens with zero attached hydrogens (tertiary/aromatic N) is 3. The molecule has 8 rings (SSSR count). The molecule has 5 fully saturated rings. The van der Waals surface area contributed by atoms with Gasteiger partial charge in [0.05, 0.1) is 55.5 Å². The highest BCUT2D eigenvalue weighted by Crippen LogP contribution is 2.74. The smallest absolute Gasteiger partial charge is 0.335 e. The fraction of sp³-hybridized carbons (Fsp3) is 0.730. The maximum absolute atomic E-state index is 16.3. The summed E-state index contributed by atoms with van der Waals surface area (Å²) in [6.45, 7) is 12.5. The van der Waals surface area contributed by atoms with Crippen molar-refractivity contribution in [3.05, 3.63) is 35.3 Å². The fourth-order valence-electron chi connectivity index (χ4n) is 11.5. The topological polar surface area (TPSA) is 103 Å². The van der Waals surface area contributed by atoms with Crippen LogP contribution in [0.2, 0.25) is 0 Å². The number of hydrogen-bond donors (Lipinski definition) is 0. The van der Waals surface area contributed by atoms with E-state index < -0.39 is 17.2 Å². The number of rotatable bonds is 6. The van der Waals surface area contributed by atoms with Crippen molar-refractivity contribution in [2.24, 2.45) is 40.4 Å². The molecule has 0 aromatic carbocycles. The summed E-state index contributed by atoms with van der Waals surface area (Å²) in [7, 11) is 1.51. The van der Waals surface area contributed by atoms with E-state index in [4.69, 9.17) is 18.9 Å². The van der Waals surface area contributed by atoms with Crippen LogP contribution in [0.4, 0.5) is 4.39 Å². The Morgan fingerprint density at radius 1 is 1.11 bits per heavy atom. The minimum Gasteiger partial charge on any atom is -0.480 e. The quantitative estimate of drug-likeness (QED) is 0.311. The Morgan fingerprint density at radius 2 is 1.89 bits per heavy atom. The van der Waals surface area contributed by atoms with Crippen LogP contribution >= 0.6 is 0 Å². The first kappa shape index (κ1) is 31.6. The zero-order valence-corrected chi connectivity index (χ0v) is 28.3. The Bertz CT molecular complexity index is 1520. The molecular weight excluding hydrogens is 601 g/mol. The molecule has 4 aliphatic carbocycles. The molecule has 1 aromatic rings. The van der Waals surface area contributed by atoms with Crippen LogP contribution in [0.1, 0.15) is 71.9 Å². The number of aromatic nitrogens is 2. The summed E-state index contributed by atoms with van der Waals surface area (Å²) in [5.41, 5.74) is 0.628.